The molecule has 2 aliphatic rings. The fourth-order valence-electron chi connectivity index (χ4n) is 4.99. The second kappa shape index (κ2) is 7.14. The number of hydrogen-bond acceptors (Lipinski definition) is 3. The highest BCUT2D eigenvalue weighted by atomic mass is 16.5. The molecule has 5 aromatic rings. The number of pyridine rings is 2. The monoisotopic (exact) mass is 424 g/mol. The Labute approximate surface area is 191 Å². The van der Waals surface area contributed by atoms with Crippen molar-refractivity contribution in [3.05, 3.63) is 121 Å². The molecule has 3 heterocycles. The summed E-state index contributed by atoms with van der Waals surface area (Å²) < 4.78 is 6.28. The van der Waals surface area contributed by atoms with E-state index in [0.717, 1.165) is 27.6 Å². The second-order valence-electron chi connectivity index (χ2n) is 8.66. The summed E-state index contributed by atoms with van der Waals surface area (Å²) in [4.78, 5) is 8.89. The minimum Gasteiger partial charge on any atom is -0.485 e. The summed E-state index contributed by atoms with van der Waals surface area (Å²) in [5.41, 5.74) is 8.10. The molecule has 2 unspecified atom stereocenters. The van der Waals surface area contributed by atoms with Crippen LogP contribution in [0, 0.1) is 0 Å². The maximum atomic E-state index is 6.28. The minimum atomic E-state index is 0.0435. The first kappa shape index (κ1) is 18.3. The van der Waals surface area contributed by atoms with Gasteiger partial charge in [0.25, 0.3) is 0 Å². The standard InChI is InChI=1S/C30H20N2O/c1-3-23-15-19(5-9-27(23)31-13-1)21-7-11-29-25(17-21)26-18-22(8-12-30(26)33-29)20-6-10-28-24(16-20)4-2-14-32-28/h1-18,25,29H. The van der Waals surface area contributed by atoms with Crippen LogP contribution >= 0.6 is 0 Å². The van der Waals surface area contributed by atoms with E-state index in [1.54, 1.807) is 0 Å². The number of aromatic nitrogens is 2. The zero-order chi connectivity index (χ0) is 21.8. The van der Waals surface area contributed by atoms with Crippen molar-refractivity contribution >= 4 is 27.4 Å². The molecule has 3 nitrogen and oxygen atoms in total. The molecule has 0 saturated carbocycles. The van der Waals surface area contributed by atoms with E-state index in [2.05, 4.69) is 94.9 Å². The smallest absolute Gasteiger partial charge is 0.128 e. The van der Waals surface area contributed by atoms with Crippen molar-refractivity contribution in [2.24, 2.45) is 0 Å². The number of nitrogens with zero attached hydrogens (tertiary/aromatic N) is 2. The van der Waals surface area contributed by atoms with Gasteiger partial charge < -0.3 is 4.74 Å². The van der Waals surface area contributed by atoms with Crippen LogP contribution in [0.4, 0.5) is 0 Å². The van der Waals surface area contributed by atoms with Crippen LogP contribution in [0.2, 0.25) is 0 Å². The Bertz CT molecular complexity index is 1610. The number of rotatable bonds is 2. The molecule has 7 rings (SSSR count). The quantitative estimate of drug-likeness (QED) is 0.308. The molecule has 0 saturated heterocycles. The Morgan fingerprint density at radius 1 is 0.667 bits per heavy atom. The lowest BCUT2D eigenvalue weighted by Gasteiger charge is -2.19. The number of allylic oxidation sites excluding steroid dienone is 2. The van der Waals surface area contributed by atoms with E-state index >= 15 is 0 Å². The summed E-state index contributed by atoms with van der Waals surface area (Å²) in [6.45, 7) is 0. The zero-order valence-electron chi connectivity index (χ0n) is 17.8. The van der Waals surface area contributed by atoms with Crippen LogP contribution in [0.1, 0.15) is 17.0 Å². The van der Waals surface area contributed by atoms with Crippen molar-refractivity contribution in [3.8, 4) is 16.9 Å². The molecule has 156 valence electrons. The van der Waals surface area contributed by atoms with Crippen molar-refractivity contribution in [1.29, 1.82) is 0 Å². The largest absolute Gasteiger partial charge is 0.485 e. The summed E-state index contributed by atoms with van der Waals surface area (Å²) in [6, 6.07) is 27.7. The Morgan fingerprint density at radius 2 is 1.33 bits per heavy atom. The fraction of sp³-hybridized carbons (Fsp3) is 0.0667. The lowest BCUT2D eigenvalue weighted by atomic mass is 9.85. The Morgan fingerprint density at radius 3 is 2.12 bits per heavy atom. The Balaban J connectivity index is 1.28. The van der Waals surface area contributed by atoms with Crippen LogP contribution in [-0.4, -0.2) is 16.1 Å². The van der Waals surface area contributed by atoms with Gasteiger partial charge in [-0.05, 0) is 76.9 Å². The molecule has 0 spiro atoms. The third kappa shape index (κ3) is 3.05. The van der Waals surface area contributed by atoms with Gasteiger partial charge in [0.1, 0.15) is 11.9 Å². The third-order valence-electron chi connectivity index (χ3n) is 6.68. The van der Waals surface area contributed by atoms with Crippen molar-refractivity contribution in [2.45, 2.75) is 12.0 Å². The Hall–Kier alpha value is -4.24. The van der Waals surface area contributed by atoms with Gasteiger partial charge >= 0.3 is 0 Å². The molecule has 0 N–H and O–H groups in total. The molecule has 2 atom stereocenters. The van der Waals surface area contributed by atoms with E-state index in [1.165, 1.54) is 27.8 Å². The normalized spacial score (nSPS) is 18.6. The molecule has 3 aromatic carbocycles. The molecule has 0 fully saturated rings. The van der Waals surface area contributed by atoms with Gasteiger partial charge in [0.15, 0.2) is 0 Å². The third-order valence-corrected chi connectivity index (χ3v) is 6.68. The topological polar surface area (TPSA) is 35.0 Å². The number of benzene rings is 3. The fourth-order valence-corrected chi connectivity index (χ4v) is 4.99. The number of ether oxygens (including phenoxy) is 1. The van der Waals surface area contributed by atoms with E-state index in [9.17, 15) is 0 Å². The molecular weight excluding hydrogens is 404 g/mol. The van der Waals surface area contributed by atoms with Gasteiger partial charge in [-0.3, -0.25) is 9.97 Å². The van der Waals surface area contributed by atoms with Crippen molar-refractivity contribution < 1.29 is 4.74 Å². The summed E-state index contributed by atoms with van der Waals surface area (Å²) in [6.07, 6.45) is 10.4. The summed E-state index contributed by atoms with van der Waals surface area (Å²) in [5, 5.41) is 2.31. The van der Waals surface area contributed by atoms with Gasteiger partial charge in [-0.15, -0.1) is 0 Å². The lowest BCUT2D eigenvalue weighted by Crippen LogP contribution is -2.16. The maximum absolute atomic E-state index is 6.28. The molecule has 0 radical (unpaired) electrons. The van der Waals surface area contributed by atoms with E-state index < -0.39 is 0 Å². The number of hydrogen-bond donors (Lipinski definition) is 0. The van der Waals surface area contributed by atoms with Crippen LogP contribution in [0.5, 0.6) is 5.75 Å². The average molecular weight is 425 g/mol. The highest BCUT2D eigenvalue weighted by Gasteiger charge is 2.33. The molecule has 0 bridgehead atoms. The summed E-state index contributed by atoms with van der Waals surface area (Å²) >= 11 is 0. The van der Waals surface area contributed by atoms with Crippen LogP contribution < -0.4 is 4.74 Å². The SMILES string of the molecule is C1=CC2Oc3ccc(-c4ccc5ncccc5c4)cc3C2C=C1c1ccc2ncccc2c1. The van der Waals surface area contributed by atoms with Crippen molar-refractivity contribution in [3.63, 3.8) is 0 Å². The van der Waals surface area contributed by atoms with Gasteiger partial charge in [-0.25, -0.2) is 0 Å². The highest BCUT2D eigenvalue weighted by Crippen LogP contribution is 2.45. The molecule has 1 aliphatic carbocycles. The van der Waals surface area contributed by atoms with Crippen LogP contribution in [0.15, 0.2) is 109 Å². The second-order valence-corrected chi connectivity index (χ2v) is 8.66. The summed E-state index contributed by atoms with van der Waals surface area (Å²) in [5.74, 6) is 1.17. The molecule has 0 amide bonds. The lowest BCUT2D eigenvalue weighted by molar-refractivity contribution is 0.269. The van der Waals surface area contributed by atoms with Gasteiger partial charge in [-0.1, -0.05) is 42.5 Å². The molecule has 1 aliphatic heterocycles. The van der Waals surface area contributed by atoms with Gasteiger partial charge in [0.2, 0.25) is 0 Å². The van der Waals surface area contributed by atoms with Gasteiger partial charge in [0, 0.05) is 34.6 Å². The van der Waals surface area contributed by atoms with E-state index in [0.29, 0.717) is 0 Å². The van der Waals surface area contributed by atoms with E-state index in [1.807, 2.05) is 24.5 Å². The molecule has 33 heavy (non-hydrogen) atoms. The average Bonchev–Trinajstić information content (AvgIpc) is 3.25. The molecule has 3 heteroatoms. The van der Waals surface area contributed by atoms with Crippen molar-refractivity contribution in [1.82, 2.24) is 9.97 Å². The first-order valence-electron chi connectivity index (χ1n) is 11.2. The first-order chi connectivity index (χ1) is 16.3. The van der Waals surface area contributed by atoms with E-state index in [-0.39, 0.29) is 12.0 Å². The molecular formula is C30H20N2O. The predicted octanol–water partition coefficient (Wildman–Crippen LogP) is 6.95. The summed E-state index contributed by atoms with van der Waals surface area (Å²) in [7, 11) is 0. The first-order valence-corrected chi connectivity index (χ1v) is 11.2. The Kier molecular flexibility index (Phi) is 3.97. The van der Waals surface area contributed by atoms with Crippen LogP contribution in [0.3, 0.4) is 0 Å². The van der Waals surface area contributed by atoms with Gasteiger partial charge in [0.05, 0.1) is 11.0 Å². The van der Waals surface area contributed by atoms with Crippen LogP contribution in [0.25, 0.3) is 38.5 Å². The maximum Gasteiger partial charge on any atom is 0.128 e. The van der Waals surface area contributed by atoms with E-state index in [4.69, 9.17) is 4.74 Å². The number of fused-ring (bicyclic) bond motifs is 5. The van der Waals surface area contributed by atoms with Crippen LogP contribution in [-0.2, 0) is 0 Å². The van der Waals surface area contributed by atoms with Gasteiger partial charge in [-0.2, -0.15) is 0 Å². The minimum absolute atomic E-state index is 0.0435. The highest BCUT2D eigenvalue weighted by molar-refractivity contribution is 5.87. The zero-order valence-corrected chi connectivity index (χ0v) is 17.8. The molecule has 2 aromatic heterocycles. The predicted molar refractivity (Wildman–Crippen MR) is 133 cm³/mol. The van der Waals surface area contributed by atoms with Crippen molar-refractivity contribution in [2.75, 3.05) is 0 Å².